The van der Waals surface area contributed by atoms with Crippen LogP contribution in [0, 0.1) is 5.92 Å². The zero-order valence-electron chi connectivity index (χ0n) is 22.3. The second kappa shape index (κ2) is 8.70. The van der Waals surface area contributed by atoms with E-state index in [4.69, 9.17) is 23.7 Å². The lowest BCUT2D eigenvalue weighted by Crippen LogP contribution is -2.80. The van der Waals surface area contributed by atoms with Crippen molar-refractivity contribution in [2.24, 2.45) is 5.92 Å². The smallest absolute Gasteiger partial charge is 0.206 e. The van der Waals surface area contributed by atoms with Gasteiger partial charge in [-0.2, -0.15) is 0 Å². The Morgan fingerprint density at radius 3 is 2.54 bits per heavy atom. The van der Waals surface area contributed by atoms with Crippen molar-refractivity contribution in [2.45, 2.75) is 81.0 Å². The van der Waals surface area contributed by atoms with Gasteiger partial charge in [-0.3, -0.25) is 4.90 Å². The van der Waals surface area contributed by atoms with Crippen molar-refractivity contribution >= 4 is 0 Å². The molecule has 5 aliphatic rings. The molecule has 2 aromatic carbocycles. The van der Waals surface area contributed by atoms with Crippen molar-refractivity contribution in [3.63, 3.8) is 0 Å². The summed E-state index contributed by atoms with van der Waals surface area (Å²) in [5.41, 5.74) is 3.12. The van der Waals surface area contributed by atoms with Crippen molar-refractivity contribution in [3.8, 4) is 11.5 Å². The predicted molar refractivity (Wildman–Crippen MR) is 140 cm³/mol. The molecule has 4 atom stereocenters. The Hall–Kier alpha value is -2.12. The first-order valence-corrected chi connectivity index (χ1v) is 14.1. The fourth-order valence-electron chi connectivity index (χ4n) is 8.30. The molecule has 3 fully saturated rings. The minimum atomic E-state index is -0.825. The fourth-order valence-corrected chi connectivity index (χ4v) is 8.30. The fraction of sp³-hybridized carbons (Fsp3) is 0.613. The van der Waals surface area contributed by atoms with E-state index in [1.54, 1.807) is 14.2 Å². The molecule has 37 heavy (non-hydrogen) atoms. The van der Waals surface area contributed by atoms with Gasteiger partial charge in [0, 0.05) is 45.4 Å². The molecule has 2 aromatic rings. The van der Waals surface area contributed by atoms with E-state index >= 15 is 0 Å². The molecular weight excluding hydrogens is 466 g/mol. The van der Waals surface area contributed by atoms with Crippen LogP contribution in [0.5, 0.6) is 11.5 Å². The van der Waals surface area contributed by atoms with Crippen LogP contribution in [0.1, 0.15) is 55.7 Å². The summed E-state index contributed by atoms with van der Waals surface area (Å²) >= 11 is 0. The number of hydrogen-bond donors (Lipinski definition) is 0. The van der Waals surface area contributed by atoms with Gasteiger partial charge in [0.15, 0.2) is 17.6 Å². The molecule has 2 aliphatic heterocycles. The van der Waals surface area contributed by atoms with E-state index < -0.39 is 5.79 Å². The average Bonchev–Trinajstić information content (AvgIpc) is 3.68. The maximum atomic E-state index is 7.02. The Bertz CT molecular complexity index is 1160. The standard InChI is InChI=1S/C31H39NO5/c1-4-36-30-14-15-31(33-2,34-3)28-29(30)16-17-32(19-21-10-11-21)25(30)18-23-12-13-24(27(37-28)26(23)29)35-20-22-8-6-5-7-9-22/h5-9,12-13,21,25,28H,4,10-11,14-20H2,1-3H3/t25-,28?,29+,30-/m1/s1. The van der Waals surface area contributed by atoms with Crippen molar-refractivity contribution in [1.29, 1.82) is 0 Å². The number of ether oxygens (including phenoxy) is 5. The molecule has 2 heterocycles. The molecule has 0 amide bonds. The Labute approximate surface area is 220 Å². The van der Waals surface area contributed by atoms with Gasteiger partial charge in [0.05, 0.1) is 11.0 Å². The topological polar surface area (TPSA) is 49.4 Å². The molecule has 1 saturated heterocycles. The van der Waals surface area contributed by atoms with E-state index in [1.165, 1.54) is 30.5 Å². The molecule has 2 saturated carbocycles. The Morgan fingerprint density at radius 2 is 1.81 bits per heavy atom. The summed E-state index contributed by atoms with van der Waals surface area (Å²) in [6.07, 6.45) is 6.01. The van der Waals surface area contributed by atoms with Crippen LogP contribution in [0.2, 0.25) is 0 Å². The molecule has 6 nitrogen and oxygen atoms in total. The van der Waals surface area contributed by atoms with E-state index in [9.17, 15) is 0 Å². The lowest BCUT2D eigenvalue weighted by molar-refractivity contribution is -0.326. The first-order chi connectivity index (χ1) is 18.1. The van der Waals surface area contributed by atoms with E-state index in [1.807, 2.05) is 18.2 Å². The quantitative estimate of drug-likeness (QED) is 0.454. The van der Waals surface area contributed by atoms with Crippen LogP contribution in [0.15, 0.2) is 42.5 Å². The Morgan fingerprint density at radius 1 is 1.00 bits per heavy atom. The van der Waals surface area contributed by atoms with Crippen LogP contribution in [-0.4, -0.2) is 62.3 Å². The lowest BCUT2D eigenvalue weighted by Gasteiger charge is -2.67. The number of piperidine rings is 1. The monoisotopic (exact) mass is 505 g/mol. The highest BCUT2D eigenvalue weighted by Crippen LogP contribution is 2.69. The number of nitrogens with zero attached hydrogens (tertiary/aromatic N) is 1. The predicted octanol–water partition coefficient (Wildman–Crippen LogP) is 4.86. The molecule has 0 aromatic heterocycles. The summed E-state index contributed by atoms with van der Waals surface area (Å²) in [7, 11) is 3.52. The zero-order chi connectivity index (χ0) is 25.3. The van der Waals surface area contributed by atoms with Gasteiger partial charge in [0.1, 0.15) is 6.61 Å². The summed E-state index contributed by atoms with van der Waals surface area (Å²) in [4.78, 5) is 2.75. The van der Waals surface area contributed by atoms with E-state index in [0.717, 1.165) is 55.2 Å². The van der Waals surface area contributed by atoms with Gasteiger partial charge < -0.3 is 23.7 Å². The van der Waals surface area contributed by atoms with Crippen LogP contribution in [0.4, 0.5) is 0 Å². The lowest BCUT2D eigenvalue weighted by atomic mass is 9.48. The summed E-state index contributed by atoms with van der Waals surface area (Å²) in [5, 5.41) is 0. The highest BCUT2D eigenvalue weighted by molar-refractivity contribution is 5.63. The van der Waals surface area contributed by atoms with Crippen LogP contribution >= 0.6 is 0 Å². The van der Waals surface area contributed by atoms with E-state index in [0.29, 0.717) is 19.3 Å². The molecule has 7 rings (SSSR count). The SMILES string of the molecule is CCO[C@@]12CCC(OC)(OC)C3Oc4c(OCc5ccccc5)ccc5c4[C@@]31CCN(CC1CC1)[C@@H]2C5. The average molecular weight is 506 g/mol. The van der Waals surface area contributed by atoms with Gasteiger partial charge in [-0.05, 0) is 68.7 Å². The second-order valence-corrected chi connectivity index (χ2v) is 11.6. The van der Waals surface area contributed by atoms with E-state index in [2.05, 4.69) is 36.1 Å². The van der Waals surface area contributed by atoms with Gasteiger partial charge >= 0.3 is 0 Å². The largest absolute Gasteiger partial charge is 0.485 e. The molecule has 198 valence electrons. The van der Waals surface area contributed by atoms with Gasteiger partial charge in [-0.1, -0.05) is 36.4 Å². The first kappa shape index (κ1) is 24.0. The van der Waals surface area contributed by atoms with Gasteiger partial charge in [-0.15, -0.1) is 0 Å². The number of benzene rings is 2. The maximum absolute atomic E-state index is 7.02. The summed E-state index contributed by atoms with van der Waals surface area (Å²) in [6, 6.07) is 15.0. The van der Waals surface area contributed by atoms with Crippen molar-refractivity contribution in [2.75, 3.05) is 33.9 Å². The Balaban J connectivity index is 1.38. The number of hydrogen-bond acceptors (Lipinski definition) is 6. The van der Waals surface area contributed by atoms with Crippen LogP contribution < -0.4 is 9.47 Å². The van der Waals surface area contributed by atoms with Gasteiger partial charge in [-0.25, -0.2) is 0 Å². The molecule has 3 aliphatic carbocycles. The summed E-state index contributed by atoms with van der Waals surface area (Å²) in [5.74, 6) is 1.69. The van der Waals surface area contributed by atoms with Crippen LogP contribution in [0.3, 0.4) is 0 Å². The number of likely N-dealkylation sites (tertiary alicyclic amines) is 1. The minimum Gasteiger partial charge on any atom is -0.485 e. The number of methoxy groups -OCH3 is 2. The highest BCUT2D eigenvalue weighted by Gasteiger charge is 2.77. The van der Waals surface area contributed by atoms with Crippen molar-refractivity contribution in [1.82, 2.24) is 4.90 Å². The third-order valence-corrected chi connectivity index (χ3v) is 10.0. The van der Waals surface area contributed by atoms with E-state index in [-0.39, 0.29) is 17.1 Å². The minimum absolute atomic E-state index is 0.295. The normalized spacial score (nSPS) is 33.1. The summed E-state index contributed by atoms with van der Waals surface area (Å²) in [6.45, 7) is 5.56. The first-order valence-electron chi connectivity index (χ1n) is 14.1. The van der Waals surface area contributed by atoms with Gasteiger partial charge in [0.2, 0.25) is 5.79 Å². The molecule has 6 heteroatoms. The second-order valence-electron chi connectivity index (χ2n) is 11.6. The summed E-state index contributed by atoms with van der Waals surface area (Å²) < 4.78 is 32.9. The number of rotatable bonds is 9. The van der Waals surface area contributed by atoms with Crippen molar-refractivity contribution in [3.05, 3.63) is 59.2 Å². The molecule has 0 N–H and O–H groups in total. The molecule has 1 spiro atoms. The maximum Gasteiger partial charge on any atom is 0.206 e. The Kier molecular flexibility index (Phi) is 5.63. The molecular formula is C31H39NO5. The van der Waals surface area contributed by atoms with Crippen molar-refractivity contribution < 1.29 is 23.7 Å². The molecule has 1 unspecified atom stereocenters. The zero-order valence-corrected chi connectivity index (χ0v) is 22.3. The third kappa shape index (κ3) is 3.25. The molecule has 0 radical (unpaired) electrons. The van der Waals surface area contributed by atoms with Crippen LogP contribution in [0.25, 0.3) is 0 Å². The highest BCUT2D eigenvalue weighted by atomic mass is 16.7. The third-order valence-electron chi connectivity index (χ3n) is 10.0. The van der Waals surface area contributed by atoms with Gasteiger partial charge in [0.25, 0.3) is 0 Å². The molecule has 2 bridgehead atoms. The van der Waals surface area contributed by atoms with Crippen LogP contribution in [-0.2, 0) is 32.7 Å².